The first-order chi connectivity index (χ1) is 6.72. The molecule has 0 fully saturated rings. The van der Waals surface area contributed by atoms with Crippen molar-refractivity contribution in [2.24, 2.45) is 0 Å². The maximum atomic E-state index is 10.7. The minimum Gasteiger partial charge on any atom is -0.494 e. The average Bonchev–Trinajstić information content (AvgIpc) is 2.60. The molecular weight excluding hydrogens is 202 g/mol. The van der Waals surface area contributed by atoms with E-state index in [0.29, 0.717) is 11.3 Å². The second-order valence-electron chi connectivity index (χ2n) is 2.63. The summed E-state index contributed by atoms with van der Waals surface area (Å²) in [5.41, 5.74) is 0.609. The Hall–Kier alpha value is -1.62. The number of carboxylic acid groups (broad SMARTS) is 1. The molecule has 0 aliphatic heterocycles. The molecule has 5 heteroatoms. The fraction of sp³-hybridized carbons (Fsp3) is 0.111. The summed E-state index contributed by atoms with van der Waals surface area (Å²) in [6, 6.07) is 5.39. The van der Waals surface area contributed by atoms with E-state index in [1.54, 1.807) is 6.07 Å². The molecule has 1 aromatic heterocycles. The van der Waals surface area contributed by atoms with Crippen molar-refractivity contribution >= 4 is 27.5 Å². The van der Waals surface area contributed by atoms with Gasteiger partial charge in [-0.25, -0.2) is 9.78 Å². The Balaban J connectivity index is 2.70. The van der Waals surface area contributed by atoms with Crippen molar-refractivity contribution in [1.29, 1.82) is 0 Å². The van der Waals surface area contributed by atoms with Gasteiger partial charge in [-0.3, -0.25) is 0 Å². The quantitative estimate of drug-likeness (QED) is 0.821. The van der Waals surface area contributed by atoms with E-state index < -0.39 is 5.97 Å². The Bertz CT molecular complexity index is 492. The van der Waals surface area contributed by atoms with Gasteiger partial charge in [0, 0.05) is 0 Å². The summed E-state index contributed by atoms with van der Waals surface area (Å²) >= 11 is 1.14. The van der Waals surface area contributed by atoms with Gasteiger partial charge in [0.15, 0.2) is 0 Å². The van der Waals surface area contributed by atoms with Crippen LogP contribution in [0.25, 0.3) is 10.2 Å². The number of hydrogen-bond acceptors (Lipinski definition) is 4. The Kier molecular flexibility index (Phi) is 2.09. The maximum absolute atomic E-state index is 10.7. The summed E-state index contributed by atoms with van der Waals surface area (Å²) in [7, 11) is 1.54. The summed E-state index contributed by atoms with van der Waals surface area (Å²) in [5, 5.41) is 8.84. The van der Waals surface area contributed by atoms with E-state index in [0.717, 1.165) is 16.0 Å². The van der Waals surface area contributed by atoms with Crippen LogP contribution in [0.3, 0.4) is 0 Å². The van der Waals surface area contributed by atoms with Gasteiger partial charge in [-0.05, 0) is 12.1 Å². The summed E-state index contributed by atoms with van der Waals surface area (Å²) in [4.78, 5) is 14.7. The normalized spacial score (nSPS) is 10.4. The number of aromatic carboxylic acids is 1. The first kappa shape index (κ1) is 8.96. The van der Waals surface area contributed by atoms with Gasteiger partial charge in [-0.2, -0.15) is 0 Å². The second kappa shape index (κ2) is 3.26. The highest BCUT2D eigenvalue weighted by Gasteiger charge is 2.12. The molecule has 72 valence electrons. The van der Waals surface area contributed by atoms with Crippen LogP contribution in [0.5, 0.6) is 5.75 Å². The highest BCUT2D eigenvalue weighted by atomic mass is 32.1. The number of methoxy groups -OCH3 is 1. The average molecular weight is 209 g/mol. The molecule has 14 heavy (non-hydrogen) atoms. The summed E-state index contributed by atoms with van der Waals surface area (Å²) in [5.74, 6) is -0.403. The summed E-state index contributed by atoms with van der Waals surface area (Å²) in [6.45, 7) is 0. The number of fused-ring (bicyclic) bond motifs is 1. The maximum Gasteiger partial charge on any atom is 0.365 e. The molecule has 0 unspecified atom stereocenters. The highest BCUT2D eigenvalue weighted by Crippen LogP contribution is 2.29. The van der Waals surface area contributed by atoms with Crippen LogP contribution < -0.4 is 4.74 Å². The van der Waals surface area contributed by atoms with Gasteiger partial charge in [0.05, 0.1) is 11.8 Å². The van der Waals surface area contributed by atoms with Crippen LogP contribution >= 0.6 is 11.3 Å². The molecule has 0 atom stereocenters. The molecule has 2 rings (SSSR count). The minimum absolute atomic E-state index is 0.0875. The lowest BCUT2D eigenvalue weighted by atomic mass is 10.3. The van der Waals surface area contributed by atoms with Gasteiger partial charge < -0.3 is 9.84 Å². The van der Waals surface area contributed by atoms with E-state index in [4.69, 9.17) is 9.84 Å². The predicted octanol–water partition coefficient (Wildman–Crippen LogP) is 2.00. The zero-order valence-electron chi connectivity index (χ0n) is 7.35. The molecule has 1 N–H and O–H groups in total. The highest BCUT2D eigenvalue weighted by molar-refractivity contribution is 7.20. The van der Waals surface area contributed by atoms with Crippen molar-refractivity contribution in [3.8, 4) is 5.75 Å². The van der Waals surface area contributed by atoms with Crippen LogP contribution in [0.15, 0.2) is 18.2 Å². The zero-order chi connectivity index (χ0) is 10.1. The molecule has 1 heterocycles. The molecule has 0 saturated heterocycles. The van der Waals surface area contributed by atoms with Crippen LogP contribution in [0.2, 0.25) is 0 Å². The number of ether oxygens (including phenoxy) is 1. The first-order valence-corrected chi connectivity index (χ1v) is 4.71. The third-order valence-electron chi connectivity index (χ3n) is 1.78. The first-order valence-electron chi connectivity index (χ1n) is 3.89. The molecule has 1 aromatic carbocycles. The van der Waals surface area contributed by atoms with E-state index in [1.165, 1.54) is 7.11 Å². The number of benzene rings is 1. The molecular formula is C9H7NO3S. The van der Waals surface area contributed by atoms with E-state index in [2.05, 4.69) is 4.98 Å². The van der Waals surface area contributed by atoms with E-state index in [-0.39, 0.29) is 5.01 Å². The third kappa shape index (κ3) is 1.31. The third-order valence-corrected chi connectivity index (χ3v) is 2.79. The second-order valence-corrected chi connectivity index (χ2v) is 3.66. The number of aromatic nitrogens is 1. The van der Waals surface area contributed by atoms with Gasteiger partial charge >= 0.3 is 5.97 Å². The predicted molar refractivity (Wildman–Crippen MR) is 53.1 cm³/mol. The Labute approximate surface area is 83.8 Å². The number of hydrogen-bond donors (Lipinski definition) is 1. The monoisotopic (exact) mass is 209 g/mol. The van der Waals surface area contributed by atoms with Gasteiger partial charge in [0.25, 0.3) is 0 Å². The van der Waals surface area contributed by atoms with Crippen LogP contribution in [0, 0.1) is 0 Å². The van der Waals surface area contributed by atoms with E-state index in [1.807, 2.05) is 12.1 Å². The van der Waals surface area contributed by atoms with Gasteiger partial charge in [-0.1, -0.05) is 6.07 Å². The van der Waals surface area contributed by atoms with Crippen molar-refractivity contribution in [2.75, 3.05) is 7.11 Å². The SMILES string of the molecule is COc1cccc2sc(C(=O)O)nc12. The number of para-hydroxylation sites is 1. The number of carboxylic acids is 1. The summed E-state index contributed by atoms with van der Waals surface area (Å²) < 4.78 is 5.89. The van der Waals surface area contributed by atoms with Crippen molar-refractivity contribution in [3.05, 3.63) is 23.2 Å². The molecule has 0 saturated carbocycles. The van der Waals surface area contributed by atoms with Crippen LogP contribution in [0.4, 0.5) is 0 Å². The Morgan fingerprint density at radius 3 is 3.00 bits per heavy atom. The van der Waals surface area contributed by atoms with Gasteiger partial charge in [-0.15, -0.1) is 11.3 Å². The fourth-order valence-electron chi connectivity index (χ4n) is 1.18. The molecule has 0 aliphatic carbocycles. The molecule has 0 radical (unpaired) electrons. The van der Waals surface area contributed by atoms with E-state index in [9.17, 15) is 4.79 Å². The topological polar surface area (TPSA) is 59.4 Å². The van der Waals surface area contributed by atoms with Crippen LogP contribution in [-0.4, -0.2) is 23.2 Å². The Morgan fingerprint density at radius 1 is 1.57 bits per heavy atom. The standard InChI is InChI=1S/C9H7NO3S/c1-13-5-3-2-4-6-7(5)10-8(14-6)9(11)12/h2-4H,1H3,(H,11,12). The van der Waals surface area contributed by atoms with Gasteiger partial charge in [0.2, 0.25) is 5.01 Å². The zero-order valence-corrected chi connectivity index (χ0v) is 8.17. The molecule has 0 amide bonds. The lowest BCUT2D eigenvalue weighted by Crippen LogP contribution is -1.93. The molecule has 2 aromatic rings. The summed E-state index contributed by atoms with van der Waals surface area (Å²) in [6.07, 6.45) is 0. The van der Waals surface area contributed by atoms with Crippen molar-refractivity contribution < 1.29 is 14.6 Å². The molecule has 4 nitrogen and oxygen atoms in total. The minimum atomic E-state index is -1.01. The van der Waals surface area contributed by atoms with Crippen molar-refractivity contribution in [2.45, 2.75) is 0 Å². The van der Waals surface area contributed by atoms with Crippen LogP contribution in [-0.2, 0) is 0 Å². The number of nitrogens with zero attached hydrogens (tertiary/aromatic N) is 1. The smallest absolute Gasteiger partial charge is 0.365 e. The fourth-order valence-corrected chi connectivity index (χ4v) is 2.00. The van der Waals surface area contributed by atoms with Crippen molar-refractivity contribution in [3.63, 3.8) is 0 Å². The van der Waals surface area contributed by atoms with E-state index >= 15 is 0 Å². The lowest BCUT2D eigenvalue weighted by Gasteiger charge is -1.97. The largest absolute Gasteiger partial charge is 0.494 e. The number of thiazole rings is 1. The number of carbonyl (C=O) groups is 1. The van der Waals surface area contributed by atoms with Crippen LogP contribution in [0.1, 0.15) is 9.80 Å². The lowest BCUT2D eigenvalue weighted by molar-refractivity contribution is 0.0696. The van der Waals surface area contributed by atoms with Gasteiger partial charge in [0.1, 0.15) is 11.3 Å². The van der Waals surface area contributed by atoms with Crippen molar-refractivity contribution in [1.82, 2.24) is 4.98 Å². The molecule has 0 spiro atoms. The number of rotatable bonds is 2. The Morgan fingerprint density at radius 2 is 2.36 bits per heavy atom. The molecule has 0 bridgehead atoms. The molecule has 0 aliphatic rings.